The fraction of sp³-hybridized carbons (Fsp3) is 0.250. The lowest BCUT2D eigenvalue weighted by atomic mass is 10.0. The molecule has 104 valence electrons. The number of aromatic nitrogens is 1. The van der Waals surface area contributed by atoms with Gasteiger partial charge in [-0.1, -0.05) is 17.7 Å². The summed E-state index contributed by atoms with van der Waals surface area (Å²) in [6.45, 7) is 6.04. The van der Waals surface area contributed by atoms with E-state index in [1.165, 1.54) is 5.56 Å². The number of nitrogens with zero attached hydrogens (tertiary/aromatic N) is 1. The van der Waals surface area contributed by atoms with Crippen molar-refractivity contribution in [2.24, 2.45) is 0 Å². The topological polar surface area (TPSA) is 54.0 Å². The lowest BCUT2D eigenvalue weighted by molar-refractivity contribution is 0.102. The predicted octanol–water partition coefficient (Wildman–Crippen LogP) is 3.30. The van der Waals surface area contributed by atoms with Crippen molar-refractivity contribution in [2.75, 3.05) is 17.7 Å². The molecule has 4 heteroatoms. The summed E-state index contributed by atoms with van der Waals surface area (Å²) in [4.78, 5) is 16.4. The van der Waals surface area contributed by atoms with Crippen molar-refractivity contribution in [3.63, 3.8) is 0 Å². The first-order chi connectivity index (χ1) is 9.52. The van der Waals surface area contributed by atoms with Crippen LogP contribution < -0.4 is 10.6 Å². The number of hydrogen-bond donors (Lipinski definition) is 2. The number of benzene rings is 1. The average molecular weight is 269 g/mol. The van der Waals surface area contributed by atoms with Gasteiger partial charge in [0, 0.05) is 30.8 Å². The van der Waals surface area contributed by atoms with Gasteiger partial charge in [-0.15, -0.1) is 0 Å². The molecule has 0 unspecified atom stereocenters. The molecule has 20 heavy (non-hydrogen) atoms. The number of rotatable bonds is 3. The molecule has 0 aliphatic heterocycles. The molecular formula is C16H19N3O. The van der Waals surface area contributed by atoms with Crippen molar-refractivity contribution in [3.8, 4) is 0 Å². The van der Waals surface area contributed by atoms with E-state index in [1.807, 2.05) is 20.8 Å². The molecule has 0 aliphatic rings. The van der Waals surface area contributed by atoms with Crippen LogP contribution in [0, 0.1) is 20.8 Å². The number of nitrogens with one attached hydrogen (secondary N) is 2. The van der Waals surface area contributed by atoms with Gasteiger partial charge in [0.1, 0.15) is 0 Å². The standard InChI is InChI=1S/C16H19N3O/c1-10-7-11(2)15(12(3)8-10)19-16(20)13-9-18-6-5-14(13)17-4/h5-9H,1-4H3,(H,17,18)(H,19,20). The normalized spacial score (nSPS) is 10.2. The van der Waals surface area contributed by atoms with Crippen LogP contribution in [0.3, 0.4) is 0 Å². The highest BCUT2D eigenvalue weighted by Gasteiger charge is 2.13. The van der Waals surface area contributed by atoms with Gasteiger partial charge in [-0.05, 0) is 38.0 Å². The molecule has 2 N–H and O–H groups in total. The van der Waals surface area contributed by atoms with Gasteiger partial charge >= 0.3 is 0 Å². The van der Waals surface area contributed by atoms with Crippen molar-refractivity contribution in [1.29, 1.82) is 0 Å². The van der Waals surface area contributed by atoms with Crippen LogP contribution in [-0.2, 0) is 0 Å². The van der Waals surface area contributed by atoms with Gasteiger partial charge in [0.05, 0.1) is 5.56 Å². The highest BCUT2D eigenvalue weighted by molar-refractivity contribution is 6.08. The summed E-state index contributed by atoms with van der Waals surface area (Å²) < 4.78 is 0. The molecule has 0 saturated heterocycles. The Kier molecular flexibility index (Phi) is 4.03. The summed E-state index contributed by atoms with van der Waals surface area (Å²) in [6, 6.07) is 5.90. The van der Waals surface area contributed by atoms with Crippen LogP contribution in [0.4, 0.5) is 11.4 Å². The molecule has 2 aromatic rings. The number of carbonyl (C=O) groups excluding carboxylic acids is 1. The molecule has 1 amide bonds. The van der Waals surface area contributed by atoms with Gasteiger partial charge in [0.2, 0.25) is 0 Å². The highest BCUT2D eigenvalue weighted by Crippen LogP contribution is 2.23. The summed E-state index contributed by atoms with van der Waals surface area (Å²) in [7, 11) is 1.79. The summed E-state index contributed by atoms with van der Waals surface area (Å²) in [5.74, 6) is -0.155. The van der Waals surface area contributed by atoms with E-state index in [1.54, 1.807) is 25.5 Å². The number of pyridine rings is 1. The fourth-order valence-corrected chi connectivity index (χ4v) is 2.35. The Labute approximate surface area is 119 Å². The maximum Gasteiger partial charge on any atom is 0.259 e. The van der Waals surface area contributed by atoms with Crippen LogP contribution in [0.15, 0.2) is 30.6 Å². The highest BCUT2D eigenvalue weighted by atomic mass is 16.1. The second-order valence-corrected chi connectivity index (χ2v) is 4.90. The van der Waals surface area contributed by atoms with Gasteiger partial charge in [-0.3, -0.25) is 9.78 Å². The quantitative estimate of drug-likeness (QED) is 0.899. The number of carbonyl (C=O) groups is 1. The van der Waals surface area contributed by atoms with Crippen molar-refractivity contribution in [1.82, 2.24) is 4.98 Å². The molecule has 2 rings (SSSR count). The van der Waals surface area contributed by atoms with Crippen LogP contribution in [0.25, 0.3) is 0 Å². The van der Waals surface area contributed by atoms with Crippen molar-refractivity contribution in [3.05, 3.63) is 52.8 Å². The molecule has 1 heterocycles. The molecule has 0 atom stereocenters. The third-order valence-corrected chi connectivity index (χ3v) is 3.25. The molecule has 0 spiro atoms. The summed E-state index contributed by atoms with van der Waals surface area (Å²) in [5.41, 5.74) is 5.48. The van der Waals surface area contributed by atoms with Gasteiger partial charge < -0.3 is 10.6 Å². The van der Waals surface area contributed by atoms with E-state index in [0.29, 0.717) is 5.56 Å². The maximum atomic E-state index is 12.4. The Hall–Kier alpha value is -2.36. The molecule has 1 aromatic carbocycles. The van der Waals surface area contributed by atoms with Gasteiger partial charge in [0.15, 0.2) is 0 Å². The Morgan fingerprint density at radius 1 is 1.15 bits per heavy atom. The Morgan fingerprint density at radius 2 is 1.80 bits per heavy atom. The zero-order valence-electron chi connectivity index (χ0n) is 12.2. The average Bonchev–Trinajstić information content (AvgIpc) is 2.42. The van der Waals surface area contributed by atoms with E-state index in [0.717, 1.165) is 22.5 Å². The van der Waals surface area contributed by atoms with Crippen LogP contribution >= 0.6 is 0 Å². The smallest absolute Gasteiger partial charge is 0.259 e. The monoisotopic (exact) mass is 269 g/mol. The summed E-state index contributed by atoms with van der Waals surface area (Å²) in [5, 5.41) is 5.98. The van der Waals surface area contributed by atoms with E-state index in [-0.39, 0.29) is 5.91 Å². The van der Waals surface area contributed by atoms with Crippen molar-refractivity contribution < 1.29 is 4.79 Å². The summed E-state index contributed by atoms with van der Waals surface area (Å²) in [6.07, 6.45) is 3.23. The van der Waals surface area contributed by atoms with E-state index >= 15 is 0 Å². The third kappa shape index (κ3) is 2.79. The molecule has 0 radical (unpaired) electrons. The van der Waals surface area contributed by atoms with Crippen LogP contribution in [0.2, 0.25) is 0 Å². The van der Waals surface area contributed by atoms with E-state index in [9.17, 15) is 4.79 Å². The minimum atomic E-state index is -0.155. The maximum absolute atomic E-state index is 12.4. The Bertz CT molecular complexity index is 627. The van der Waals surface area contributed by atoms with Crippen LogP contribution in [0.1, 0.15) is 27.0 Å². The van der Waals surface area contributed by atoms with Crippen molar-refractivity contribution in [2.45, 2.75) is 20.8 Å². The molecule has 1 aromatic heterocycles. The first-order valence-electron chi connectivity index (χ1n) is 6.54. The minimum Gasteiger partial charge on any atom is -0.387 e. The zero-order chi connectivity index (χ0) is 14.7. The lowest BCUT2D eigenvalue weighted by Gasteiger charge is -2.14. The molecule has 0 fully saturated rings. The Morgan fingerprint density at radius 3 is 2.40 bits per heavy atom. The van der Waals surface area contributed by atoms with E-state index < -0.39 is 0 Å². The largest absolute Gasteiger partial charge is 0.387 e. The summed E-state index contributed by atoms with van der Waals surface area (Å²) >= 11 is 0. The fourth-order valence-electron chi connectivity index (χ4n) is 2.35. The molecular weight excluding hydrogens is 250 g/mol. The predicted molar refractivity (Wildman–Crippen MR) is 82.4 cm³/mol. The second kappa shape index (κ2) is 5.74. The number of hydrogen-bond acceptors (Lipinski definition) is 3. The van der Waals surface area contributed by atoms with E-state index in [4.69, 9.17) is 0 Å². The van der Waals surface area contributed by atoms with Crippen LogP contribution in [-0.4, -0.2) is 17.9 Å². The minimum absolute atomic E-state index is 0.155. The van der Waals surface area contributed by atoms with Gasteiger partial charge in [-0.2, -0.15) is 0 Å². The number of amides is 1. The molecule has 4 nitrogen and oxygen atoms in total. The third-order valence-electron chi connectivity index (χ3n) is 3.25. The first kappa shape index (κ1) is 14.1. The van der Waals surface area contributed by atoms with Gasteiger partial charge in [0.25, 0.3) is 5.91 Å². The van der Waals surface area contributed by atoms with Crippen molar-refractivity contribution >= 4 is 17.3 Å². The van der Waals surface area contributed by atoms with Crippen LogP contribution in [0.5, 0.6) is 0 Å². The molecule has 0 bridgehead atoms. The molecule has 0 aliphatic carbocycles. The Balaban J connectivity index is 2.33. The first-order valence-corrected chi connectivity index (χ1v) is 6.54. The SMILES string of the molecule is CNc1ccncc1C(=O)Nc1c(C)cc(C)cc1C. The molecule has 0 saturated carbocycles. The second-order valence-electron chi connectivity index (χ2n) is 4.90. The van der Waals surface area contributed by atoms with E-state index in [2.05, 4.69) is 27.8 Å². The lowest BCUT2D eigenvalue weighted by Crippen LogP contribution is -2.16. The number of aryl methyl sites for hydroxylation is 3. The zero-order valence-corrected chi connectivity index (χ0v) is 12.2. The number of anilines is 2. The van der Waals surface area contributed by atoms with Gasteiger partial charge in [-0.25, -0.2) is 0 Å².